The smallest absolute Gasteiger partial charge is 0.258 e. The van der Waals surface area contributed by atoms with Crippen LogP contribution in [0.2, 0.25) is 5.02 Å². The standard InChI is InChI=1S/C16H11ClN2O2S/c1-10-2-4-11(5-3-10)15-9-22-16(18-15)13-8-12(19(20)21)6-7-14(13)17/h2-9H,1H3. The second-order valence-corrected chi connectivity index (χ2v) is 6.09. The molecule has 1 heterocycles. The van der Waals surface area contributed by atoms with Crippen LogP contribution in [0.4, 0.5) is 5.69 Å². The molecule has 0 saturated heterocycles. The Labute approximate surface area is 136 Å². The first kappa shape index (κ1) is 14.7. The van der Waals surface area contributed by atoms with E-state index in [9.17, 15) is 10.1 Å². The normalized spacial score (nSPS) is 10.6. The molecule has 22 heavy (non-hydrogen) atoms. The van der Waals surface area contributed by atoms with Gasteiger partial charge < -0.3 is 0 Å². The van der Waals surface area contributed by atoms with Gasteiger partial charge in [0.2, 0.25) is 0 Å². The highest BCUT2D eigenvalue weighted by molar-refractivity contribution is 7.13. The summed E-state index contributed by atoms with van der Waals surface area (Å²) in [5.74, 6) is 0. The number of thiazole rings is 1. The average Bonchev–Trinajstić information content (AvgIpc) is 2.98. The molecule has 1 aromatic heterocycles. The number of aromatic nitrogens is 1. The summed E-state index contributed by atoms with van der Waals surface area (Å²) in [5.41, 5.74) is 3.61. The third kappa shape index (κ3) is 2.86. The quantitative estimate of drug-likeness (QED) is 0.480. The summed E-state index contributed by atoms with van der Waals surface area (Å²) in [4.78, 5) is 15.0. The van der Waals surface area contributed by atoms with E-state index < -0.39 is 4.92 Å². The Morgan fingerprint density at radius 1 is 1.18 bits per heavy atom. The maximum absolute atomic E-state index is 10.9. The van der Waals surface area contributed by atoms with Gasteiger partial charge in [0.1, 0.15) is 5.01 Å². The lowest BCUT2D eigenvalue weighted by Crippen LogP contribution is -1.89. The number of nitrogens with zero attached hydrogens (tertiary/aromatic N) is 2. The predicted octanol–water partition coefficient (Wildman–Crippen LogP) is 5.35. The summed E-state index contributed by atoms with van der Waals surface area (Å²) in [7, 11) is 0. The lowest BCUT2D eigenvalue weighted by molar-refractivity contribution is -0.384. The highest BCUT2D eigenvalue weighted by atomic mass is 35.5. The largest absolute Gasteiger partial charge is 0.270 e. The van der Waals surface area contributed by atoms with Gasteiger partial charge in [-0.2, -0.15) is 0 Å². The molecule has 0 fully saturated rings. The number of non-ortho nitro benzene ring substituents is 1. The molecule has 110 valence electrons. The van der Waals surface area contributed by atoms with E-state index in [2.05, 4.69) is 4.98 Å². The molecule has 3 rings (SSSR count). The third-order valence-electron chi connectivity index (χ3n) is 3.24. The van der Waals surface area contributed by atoms with Gasteiger partial charge in [0, 0.05) is 28.6 Å². The van der Waals surface area contributed by atoms with Crippen LogP contribution in [0.15, 0.2) is 47.8 Å². The molecule has 0 amide bonds. The SMILES string of the molecule is Cc1ccc(-c2csc(-c3cc([N+](=O)[O-])ccc3Cl)n2)cc1. The highest BCUT2D eigenvalue weighted by Crippen LogP contribution is 2.35. The van der Waals surface area contributed by atoms with E-state index in [-0.39, 0.29) is 5.69 Å². The van der Waals surface area contributed by atoms with E-state index in [4.69, 9.17) is 11.6 Å². The van der Waals surface area contributed by atoms with Crippen LogP contribution in [0.25, 0.3) is 21.8 Å². The molecule has 4 nitrogen and oxygen atoms in total. The van der Waals surface area contributed by atoms with Crippen LogP contribution in [0.3, 0.4) is 0 Å². The maximum atomic E-state index is 10.9. The number of nitro benzene ring substituents is 1. The van der Waals surface area contributed by atoms with E-state index in [1.54, 1.807) is 0 Å². The summed E-state index contributed by atoms with van der Waals surface area (Å²) in [6, 6.07) is 12.4. The summed E-state index contributed by atoms with van der Waals surface area (Å²) in [5, 5.41) is 14.0. The van der Waals surface area contributed by atoms with Crippen molar-refractivity contribution in [2.45, 2.75) is 6.92 Å². The van der Waals surface area contributed by atoms with Gasteiger partial charge in [-0.15, -0.1) is 11.3 Å². The van der Waals surface area contributed by atoms with Gasteiger partial charge >= 0.3 is 0 Å². The van der Waals surface area contributed by atoms with Crippen molar-refractivity contribution in [2.24, 2.45) is 0 Å². The molecule has 0 bridgehead atoms. The zero-order valence-corrected chi connectivity index (χ0v) is 13.2. The fourth-order valence-corrected chi connectivity index (χ4v) is 3.17. The van der Waals surface area contributed by atoms with Crippen LogP contribution in [0, 0.1) is 17.0 Å². The van der Waals surface area contributed by atoms with Crippen LogP contribution >= 0.6 is 22.9 Å². The van der Waals surface area contributed by atoms with Gasteiger partial charge in [-0.05, 0) is 13.0 Å². The van der Waals surface area contributed by atoms with Gasteiger partial charge in [0.15, 0.2) is 0 Å². The average molecular weight is 331 g/mol. The first-order valence-corrected chi connectivity index (χ1v) is 7.77. The van der Waals surface area contributed by atoms with Crippen LogP contribution in [0.5, 0.6) is 0 Å². The number of benzene rings is 2. The first-order valence-electron chi connectivity index (χ1n) is 6.51. The molecule has 2 aromatic carbocycles. The summed E-state index contributed by atoms with van der Waals surface area (Å²) < 4.78 is 0. The molecule has 0 saturated carbocycles. The highest BCUT2D eigenvalue weighted by Gasteiger charge is 2.14. The number of aryl methyl sites for hydroxylation is 1. The fraction of sp³-hybridized carbons (Fsp3) is 0.0625. The van der Waals surface area contributed by atoms with Gasteiger partial charge in [-0.1, -0.05) is 41.4 Å². The van der Waals surface area contributed by atoms with Crippen molar-refractivity contribution in [1.82, 2.24) is 4.98 Å². The summed E-state index contributed by atoms with van der Waals surface area (Å²) in [6.45, 7) is 2.03. The monoisotopic (exact) mass is 330 g/mol. The molecule has 0 atom stereocenters. The number of hydrogen-bond acceptors (Lipinski definition) is 4. The van der Waals surface area contributed by atoms with Crippen molar-refractivity contribution < 1.29 is 4.92 Å². The Bertz CT molecular complexity index is 844. The van der Waals surface area contributed by atoms with E-state index >= 15 is 0 Å². The molecule has 0 aliphatic rings. The molecule has 6 heteroatoms. The van der Waals surface area contributed by atoms with Gasteiger partial charge in [0.25, 0.3) is 5.69 Å². The molecular formula is C16H11ClN2O2S. The van der Waals surface area contributed by atoms with E-state index in [1.807, 2.05) is 36.6 Å². The van der Waals surface area contributed by atoms with Crippen molar-refractivity contribution in [3.63, 3.8) is 0 Å². The van der Waals surface area contributed by atoms with Crippen LogP contribution in [-0.4, -0.2) is 9.91 Å². The topological polar surface area (TPSA) is 56.0 Å². The Kier molecular flexibility index (Phi) is 3.92. The second-order valence-electron chi connectivity index (χ2n) is 4.83. The molecule has 0 aliphatic heterocycles. The van der Waals surface area contributed by atoms with Crippen molar-refractivity contribution in [2.75, 3.05) is 0 Å². The number of halogens is 1. The molecule has 0 radical (unpaired) electrons. The molecule has 0 spiro atoms. The first-order chi connectivity index (χ1) is 10.5. The molecule has 0 unspecified atom stereocenters. The third-order valence-corrected chi connectivity index (χ3v) is 4.45. The lowest BCUT2D eigenvalue weighted by atomic mass is 10.1. The minimum atomic E-state index is -0.436. The Morgan fingerprint density at radius 3 is 2.59 bits per heavy atom. The Balaban J connectivity index is 2.02. The van der Waals surface area contributed by atoms with E-state index in [0.29, 0.717) is 15.6 Å². The van der Waals surface area contributed by atoms with Crippen molar-refractivity contribution in [1.29, 1.82) is 0 Å². The number of nitro groups is 1. The molecule has 3 aromatic rings. The van der Waals surface area contributed by atoms with Crippen LogP contribution < -0.4 is 0 Å². The van der Waals surface area contributed by atoms with Gasteiger partial charge in [-0.25, -0.2) is 4.98 Å². The number of hydrogen-bond donors (Lipinski definition) is 0. The van der Waals surface area contributed by atoms with Crippen LogP contribution in [0.1, 0.15) is 5.56 Å². The van der Waals surface area contributed by atoms with Crippen LogP contribution in [-0.2, 0) is 0 Å². The number of rotatable bonds is 3. The lowest BCUT2D eigenvalue weighted by Gasteiger charge is -2.01. The minimum Gasteiger partial charge on any atom is -0.258 e. The van der Waals surface area contributed by atoms with Crippen molar-refractivity contribution in [3.8, 4) is 21.8 Å². The zero-order valence-electron chi connectivity index (χ0n) is 11.6. The van der Waals surface area contributed by atoms with Crippen molar-refractivity contribution in [3.05, 3.63) is 68.5 Å². The fourth-order valence-electron chi connectivity index (χ4n) is 2.05. The Hall–Kier alpha value is -2.24. The molecular weight excluding hydrogens is 320 g/mol. The summed E-state index contributed by atoms with van der Waals surface area (Å²) >= 11 is 7.57. The molecule has 0 N–H and O–H groups in total. The van der Waals surface area contributed by atoms with Gasteiger partial charge in [0.05, 0.1) is 15.6 Å². The second kappa shape index (κ2) is 5.87. The maximum Gasteiger partial charge on any atom is 0.270 e. The predicted molar refractivity (Wildman–Crippen MR) is 89.4 cm³/mol. The van der Waals surface area contributed by atoms with E-state index in [1.165, 1.54) is 35.1 Å². The molecule has 0 aliphatic carbocycles. The zero-order chi connectivity index (χ0) is 15.7. The van der Waals surface area contributed by atoms with Crippen molar-refractivity contribution >= 4 is 28.6 Å². The van der Waals surface area contributed by atoms with E-state index in [0.717, 1.165) is 11.3 Å². The van der Waals surface area contributed by atoms with Gasteiger partial charge in [-0.3, -0.25) is 10.1 Å². The summed E-state index contributed by atoms with van der Waals surface area (Å²) in [6.07, 6.45) is 0. The Morgan fingerprint density at radius 2 is 1.91 bits per heavy atom. The minimum absolute atomic E-state index is 0.00601.